The van der Waals surface area contributed by atoms with Crippen LogP contribution in [0.2, 0.25) is 0 Å². The summed E-state index contributed by atoms with van der Waals surface area (Å²) < 4.78 is 13.0. The highest BCUT2D eigenvalue weighted by molar-refractivity contribution is 7.13. The van der Waals surface area contributed by atoms with E-state index in [0.29, 0.717) is 49.5 Å². The Morgan fingerprint density at radius 1 is 1.33 bits per heavy atom. The van der Waals surface area contributed by atoms with Crippen LogP contribution >= 0.6 is 11.3 Å². The second-order valence-electron chi connectivity index (χ2n) is 6.10. The normalized spacial score (nSPS) is 17.0. The molecule has 7 heteroatoms. The summed E-state index contributed by atoms with van der Waals surface area (Å²) in [6.07, 6.45) is 1.87. The Labute approximate surface area is 143 Å². The maximum atomic E-state index is 13.0. The number of anilines is 1. The Bertz CT molecular complexity index is 709. The standard InChI is InChI=1S/C17H20FN3O2S/c18-13-3-1-12(2-4-13)17(23)7-9-21(10-8-17)15(22)6-5-14-11-24-16(19)20-14/h1-4,11,23H,5-10H2,(H2,19,20). The Hall–Kier alpha value is -1.99. The number of thiazole rings is 1. The lowest BCUT2D eigenvalue weighted by atomic mass is 9.84. The van der Waals surface area contributed by atoms with Gasteiger partial charge in [-0.1, -0.05) is 12.1 Å². The number of carbonyl (C=O) groups excluding carboxylic acids is 1. The zero-order valence-corrected chi connectivity index (χ0v) is 14.1. The highest BCUT2D eigenvalue weighted by Gasteiger charge is 2.35. The minimum Gasteiger partial charge on any atom is -0.385 e. The van der Waals surface area contributed by atoms with Crippen molar-refractivity contribution in [1.82, 2.24) is 9.88 Å². The Morgan fingerprint density at radius 2 is 2.00 bits per heavy atom. The number of aliphatic hydroxyl groups is 1. The van der Waals surface area contributed by atoms with Gasteiger partial charge in [-0.05, 0) is 37.0 Å². The van der Waals surface area contributed by atoms with Crippen LogP contribution in [0.5, 0.6) is 0 Å². The second-order valence-corrected chi connectivity index (χ2v) is 6.99. The minimum atomic E-state index is -0.992. The SMILES string of the molecule is Nc1nc(CCC(=O)N2CCC(O)(c3ccc(F)cc3)CC2)cs1. The van der Waals surface area contributed by atoms with Crippen LogP contribution in [0.1, 0.15) is 30.5 Å². The van der Waals surface area contributed by atoms with E-state index in [1.165, 1.54) is 23.5 Å². The Morgan fingerprint density at radius 3 is 2.58 bits per heavy atom. The molecule has 5 nitrogen and oxygen atoms in total. The smallest absolute Gasteiger partial charge is 0.222 e. The number of likely N-dealkylation sites (tertiary alicyclic amines) is 1. The van der Waals surface area contributed by atoms with Gasteiger partial charge >= 0.3 is 0 Å². The van der Waals surface area contributed by atoms with E-state index in [4.69, 9.17) is 5.73 Å². The summed E-state index contributed by atoms with van der Waals surface area (Å²) in [7, 11) is 0. The Kier molecular flexibility index (Phi) is 4.82. The predicted octanol–water partition coefficient (Wildman–Crippen LogP) is 2.31. The molecule has 2 heterocycles. The van der Waals surface area contributed by atoms with Crippen molar-refractivity contribution in [3.8, 4) is 0 Å². The lowest BCUT2D eigenvalue weighted by molar-refractivity contribution is -0.135. The van der Waals surface area contributed by atoms with E-state index in [2.05, 4.69) is 4.98 Å². The molecule has 3 N–H and O–H groups in total. The summed E-state index contributed by atoms with van der Waals surface area (Å²) in [5, 5.41) is 13.1. The number of nitrogens with two attached hydrogens (primary N) is 1. The molecule has 0 bridgehead atoms. The van der Waals surface area contributed by atoms with E-state index in [0.717, 1.165) is 5.69 Å². The zero-order chi connectivity index (χ0) is 17.2. The first-order valence-corrected chi connectivity index (χ1v) is 8.80. The number of piperidine rings is 1. The monoisotopic (exact) mass is 349 g/mol. The van der Waals surface area contributed by atoms with Crippen LogP contribution in [0.15, 0.2) is 29.6 Å². The maximum absolute atomic E-state index is 13.0. The van der Waals surface area contributed by atoms with Gasteiger partial charge in [-0.25, -0.2) is 9.37 Å². The number of hydrogen-bond acceptors (Lipinski definition) is 5. The summed E-state index contributed by atoms with van der Waals surface area (Å²) in [5.41, 5.74) is 6.13. The van der Waals surface area contributed by atoms with Crippen molar-refractivity contribution in [1.29, 1.82) is 0 Å². The van der Waals surface area contributed by atoms with Gasteiger partial charge in [0.05, 0.1) is 11.3 Å². The van der Waals surface area contributed by atoms with Crippen LogP contribution in [0.3, 0.4) is 0 Å². The Balaban J connectivity index is 1.54. The molecule has 0 aliphatic carbocycles. The molecule has 0 spiro atoms. The number of amides is 1. The van der Waals surface area contributed by atoms with E-state index >= 15 is 0 Å². The van der Waals surface area contributed by atoms with E-state index in [1.807, 2.05) is 5.38 Å². The van der Waals surface area contributed by atoms with Crippen molar-refractivity contribution < 1.29 is 14.3 Å². The first-order chi connectivity index (χ1) is 11.5. The molecule has 1 saturated heterocycles. The van der Waals surface area contributed by atoms with Crippen LogP contribution in [-0.2, 0) is 16.8 Å². The van der Waals surface area contributed by atoms with Gasteiger partial charge in [0.1, 0.15) is 5.82 Å². The fourth-order valence-corrected chi connectivity index (χ4v) is 3.60. The number of benzene rings is 1. The third-order valence-corrected chi connectivity index (χ3v) is 5.21. The van der Waals surface area contributed by atoms with Gasteiger partial charge < -0.3 is 15.7 Å². The predicted molar refractivity (Wildman–Crippen MR) is 91.0 cm³/mol. The molecular weight excluding hydrogens is 329 g/mol. The molecule has 1 aliphatic rings. The largest absolute Gasteiger partial charge is 0.385 e. The number of halogens is 1. The van der Waals surface area contributed by atoms with Gasteiger partial charge in [0, 0.05) is 24.9 Å². The minimum absolute atomic E-state index is 0.0581. The molecule has 0 radical (unpaired) electrons. The van der Waals surface area contributed by atoms with Crippen LogP contribution in [0.25, 0.3) is 0 Å². The molecule has 1 aromatic heterocycles. The van der Waals surface area contributed by atoms with Crippen molar-refractivity contribution in [3.05, 3.63) is 46.7 Å². The number of carbonyl (C=O) groups is 1. The summed E-state index contributed by atoms with van der Waals surface area (Å²) in [6.45, 7) is 0.984. The van der Waals surface area contributed by atoms with Crippen molar-refractivity contribution in [2.45, 2.75) is 31.3 Å². The number of aromatic nitrogens is 1. The van der Waals surface area contributed by atoms with Crippen molar-refractivity contribution in [3.63, 3.8) is 0 Å². The van der Waals surface area contributed by atoms with Crippen molar-refractivity contribution >= 4 is 22.4 Å². The molecule has 128 valence electrons. The number of aryl methyl sites for hydroxylation is 1. The fourth-order valence-electron chi connectivity index (χ4n) is 3.01. The average Bonchev–Trinajstić information content (AvgIpc) is 2.99. The molecular formula is C17H20FN3O2S. The fraction of sp³-hybridized carbons (Fsp3) is 0.412. The topological polar surface area (TPSA) is 79.5 Å². The molecule has 0 atom stereocenters. The van der Waals surface area contributed by atoms with Gasteiger partial charge in [-0.15, -0.1) is 11.3 Å². The van der Waals surface area contributed by atoms with E-state index in [1.54, 1.807) is 17.0 Å². The van der Waals surface area contributed by atoms with Gasteiger partial charge in [0.25, 0.3) is 0 Å². The summed E-state index contributed by atoms with van der Waals surface area (Å²) in [4.78, 5) is 18.2. The molecule has 0 unspecified atom stereocenters. The summed E-state index contributed by atoms with van der Waals surface area (Å²) in [6, 6.07) is 5.92. The van der Waals surface area contributed by atoms with Gasteiger partial charge in [0.2, 0.25) is 5.91 Å². The van der Waals surface area contributed by atoms with Gasteiger partial charge in [-0.2, -0.15) is 0 Å². The van der Waals surface area contributed by atoms with Gasteiger partial charge in [0.15, 0.2) is 5.13 Å². The third-order valence-electron chi connectivity index (χ3n) is 4.49. The number of hydrogen-bond donors (Lipinski definition) is 2. The summed E-state index contributed by atoms with van der Waals surface area (Å²) >= 11 is 1.37. The first-order valence-electron chi connectivity index (χ1n) is 7.92. The van der Waals surface area contributed by atoms with E-state index in [-0.39, 0.29) is 11.7 Å². The van der Waals surface area contributed by atoms with E-state index < -0.39 is 5.60 Å². The van der Waals surface area contributed by atoms with Crippen LogP contribution in [-0.4, -0.2) is 34.0 Å². The summed E-state index contributed by atoms with van der Waals surface area (Å²) in [5.74, 6) is -0.264. The number of rotatable bonds is 4. The number of nitrogens with zero attached hydrogens (tertiary/aromatic N) is 2. The third kappa shape index (κ3) is 3.73. The highest BCUT2D eigenvalue weighted by atomic mass is 32.1. The first kappa shape index (κ1) is 16.9. The molecule has 1 aliphatic heterocycles. The quantitative estimate of drug-likeness (QED) is 0.888. The lowest BCUT2D eigenvalue weighted by Crippen LogP contribution is -2.45. The average molecular weight is 349 g/mol. The molecule has 1 amide bonds. The van der Waals surface area contributed by atoms with Crippen molar-refractivity contribution in [2.24, 2.45) is 0 Å². The second kappa shape index (κ2) is 6.86. The molecule has 3 rings (SSSR count). The van der Waals surface area contributed by atoms with E-state index in [9.17, 15) is 14.3 Å². The molecule has 2 aromatic rings. The van der Waals surface area contributed by atoms with Crippen LogP contribution in [0, 0.1) is 5.82 Å². The zero-order valence-electron chi connectivity index (χ0n) is 13.2. The van der Waals surface area contributed by atoms with Crippen LogP contribution in [0.4, 0.5) is 9.52 Å². The molecule has 24 heavy (non-hydrogen) atoms. The molecule has 1 fully saturated rings. The maximum Gasteiger partial charge on any atom is 0.222 e. The van der Waals surface area contributed by atoms with Crippen LogP contribution < -0.4 is 5.73 Å². The highest BCUT2D eigenvalue weighted by Crippen LogP contribution is 2.33. The molecule has 0 saturated carbocycles. The molecule has 1 aromatic carbocycles. The van der Waals surface area contributed by atoms with Crippen molar-refractivity contribution in [2.75, 3.05) is 18.8 Å². The number of nitrogen functional groups attached to an aromatic ring is 1. The van der Waals surface area contributed by atoms with Gasteiger partial charge in [-0.3, -0.25) is 4.79 Å². The lowest BCUT2D eigenvalue weighted by Gasteiger charge is -2.38.